The van der Waals surface area contributed by atoms with Crippen LogP contribution in [0, 0.1) is 26.7 Å². The summed E-state index contributed by atoms with van der Waals surface area (Å²) in [6.45, 7) is 14.3. The zero-order chi connectivity index (χ0) is 27.4. The molecule has 0 saturated carbocycles. The van der Waals surface area contributed by atoms with Gasteiger partial charge in [0.1, 0.15) is 0 Å². The van der Waals surface area contributed by atoms with E-state index in [9.17, 15) is 4.79 Å². The quantitative estimate of drug-likeness (QED) is 0.363. The van der Waals surface area contributed by atoms with Crippen molar-refractivity contribution in [2.24, 2.45) is 11.7 Å². The van der Waals surface area contributed by atoms with Gasteiger partial charge in [0, 0.05) is 50.5 Å². The first kappa shape index (κ1) is 27.3. The number of likely N-dealkylation sites (tertiary alicyclic amines) is 1. The van der Waals surface area contributed by atoms with Crippen LogP contribution in [0.3, 0.4) is 0 Å². The SMILES string of the molecule is Cc1ccc(C)c(CN2CC[C@H](Nc3nc(Nc4cc(C(N)=O)ccc4C)nc(N(C)CC(C)C)n3)C2)c1. The lowest BCUT2D eigenvalue weighted by Crippen LogP contribution is -2.28. The minimum atomic E-state index is -0.477. The van der Waals surface area contributed by atoms with Crippen molar-refractivity contribution in [2.75, 3.05) is 42.2 Å². The van der Waals surface area contributed by atoms with Gasteiger partial charge in [0.25, 0.3) is 0 Å². The number of anilines is 4. The van der Waals surface area contributed by atoms with Gasteiger partial charge < -0.3 is 21.3 Å². The van der Waals surface area contributed by atoms with E-state index in [0.29, 0.717) is 29.3 Å². The van der Waals surface area contributed by atoms with Crippen LogP contribution in [0.15, 0.2) is 36.4 Å². The summed E-state index contributed by atoms with van der Waals surface area (Å²) in [5.41, 5.74) is 11.6. The number of hydrogen-bond donors (Lipinski definition) is 3. The number of aryl methyl sites for hydroxylation is 3. The first-order valence-electron chi connectivity index (χ1n) is 13.3. The van der Waals surface area contributed by atoms with Gasteiger partial charge in [0.05, 0.1) is 0 Å². The van der Waals surface area contributed by atoms with Gasteiger partial charge in [-0.05, 0) is 61.9 Å². The van der Waals surface area contributed by atoms with Crippen LogP contribution in [0.5, 0.6) is 0 Å². The standard InChI is InChI=1S/C29H40N8O/c1-18(2)15-36(6)29-34-27(33-28(35-29)32-25-14-22(26(30)38)10-9-21(25)5)31-24-11-12-37(17-24)16-23-13-19(3)7-8-20(23)4/h7-10,13-14,18,24H,11-12,15-17H2,1-6H3,(H2,30,38)(H2,31,32,33,34,35)/t24-/m0/s1. The molecule has 1 aliphatic rings. The second kappa shape index (κ2) is 11.8. The van der Waals surface area contributed by atoms with Gasteiger partial charge in [0.15, 0.2) is 0 Å². The van der Waals surface area contributed by atoms with Crippen molar-refractivity contribution >= 4 is 29.4 Å². The van der Waals surface area contributed by atoms with E-state index in [1.54, 1.807) is 12.1 Å². The maximum Gasteiger partial charge on any atom is 0.248 e. The Hall–Kier alpha value is -3.72. The number of hydrogen-bond acceptors (Lipinski definition) is 8. The molecule has 0 radical (unpaired) electrons. The van der Waals surface area contributed by atoms with E-state index < -0.39 is 5.91 Å². The normalized spacial score (nSPS) is 15.6. The summed E-state index contributed by atoms with van der Waals surface area (Å²) in [5.74, 6) is 1.52. The summed E-state index contributed by atoms with van der Waals surface area (Å²) in [7, 11) is 1.99. The average molecular weight is 517 g/mol. The van der Waals surface area contributed by atoms with Crippen LogP contribution in [-0.2, 0) is 6.54 Å². The van der Waals surface area contributed by atoms with Gasteiger partial charge in [0.2, 0.25) is 23.8 Å². The lowest BCUT2D eigenvalue weighted by molar-refractivity contribution is 0.100. The number of aromatic nitrogens is 3. The average Bonchev–Trinajstić information content (AvgIpc) is 3.28. The molecule has 1 saturated heterocycles. The molecule has 4 rings (SSSR count). The second-order valence-corrected chi connectivity index (χ2v) is 10.9. The zero-order valence-electron chi connectivity index (χ0n) is 23.4. The van der Waals surface area contributed by atoms with Crippen molar-refractivity contribution in [3.63, 3.8) is 0 Å². The van der Waals surface area contributed by atoms with Crippen LogP contribution in [0.4, 0.5) is 23.5 Å². The summed E-state index contributed by atoms with van der Waals surface area (Å²) in [6, 6.07) is 12.2. The van der Waals surface area contributed by atoms with Crippen LogP contribution < -0.4 is 21.3 Å². The Labute approximate surface area is 225 Å². The van der Waals surface area contributed by atoms with Crippen LogP contribution in [0.1, 0.15) is 52.9 Å². The maximum absolute atomic E-state index is 11.7. The highest BCUT2D eigenvalue weighted by Crippen LogP contribution is 2.24. The van der Waals surface area contributed by atoms with Crippen molar-refractivity contribution < 1.29 is 4.79 Å². The van der Waals surface area contributed by atoms with E-state index >= 15 is 0 Å². The third kappa shape index (κ3) is 6.98. The summed E-state index contributed by atoms with van der Waals surface area (Å²) >= 11 is 0. The van der Waals surface area contributed by atoms with Crippen molar-refractivity contribution in [3.05, 3.63) is 64.2 Å². The van der Waals surface area contributed by atoms with Gasteiger partial charge >= 0.3 is 0 Å². The number of carbonyl (C=O) groups excluding carboxylic acids is 1. The lowest BCUT2D eigenvalue weighted by atomic mass is 10.1. The van der Waals surface area contributed by atoms with Crippen LogP contribution >= 0.6 is 0 Å². The molecule has 2 aromatic carbocycles. The van der Waals surface area contributed by atoms with Crippen molar-refractivity contribution in [3.8, 4) is 0 Å². The van der Waals surface area contributed by atoms with E-state index in [1.807, 2.05) is 24.9 Å². The molecule has 1 aliphatic heterocycles. The monoisotopic (exact) mass is 516 g/mol. The van der Waals surface area contributed by atoms with E-state index in [-0.39, 0.29) is 6.04 Å². The molecule has 3 aromatic rings. The Morgan fingerprint density at radius 1 is 1.08 bits per heavy atom. The van der Waals surface area contributed by atoms with Crippen LogP contribution in [0.25, 0.3) is 0 Å². The number of nitrogens with two attached hydrogens (primary N) is 1. The second-order valence-electron chi connectivity index (χ2n) is 10.9. The minimum Gasteiger partial charge on any atom is -0.366 e. The van der Waals surface area contributed by atoms with E-state index in [2.05, 4.69) is 66.4 Å². The topological polar surface area (TPSA) is 112 Å². The van der Waals surface area contributed by atoms with E-state index in [0.717, 1.165) is 43.9 Å². The molecule has 2 heterocycles. The first-order valence-corrected chi connectivity index (χ1v) is 13.3. The predicted molar refractivity (Wildman–Crippen MR) is 154 cm³/mol. The van der Waals surface area contributed by atoms with Crippen LogP contribution in [0.2, 0.25) is 0 Å². The Morgan fingerprint density at radius 2 is 1.82 bits per heavy atom. The van der Waals surface area contributed by atoms with Gasteiger partial charge in [-0.25, -0.2) is 0 Å². The fourth-order valence-corrected chi connectivity index (χ4v) is 4.80. The molecule has 202 valence electrons. The number of nitrogens with one attached hydrogen (secondary N) is 2. The molecule has 0 aliphatic carbocycles. The van der Waals surface area contributed by atoms with Crippen molar-refractivity contribution in [1.82, 2.24) is 19.9 Å². The number of amides is 1. The third-order valence-corrected chi connectivity index (χ3v) is 6.88. The Kier molecular flexibility index (Phi) is 8.46. The Balaban J connectivity index is 1.53. The maximum atomic E-state index is 11.7. The highest BCUT2D eigenvalue weighted by molar-refractivity contribution is 5.94. The van der Waals surface area contributed by atoms with Crippen molar-refractivity contribution in [1.29, 1.82) is 0 Å². The first-order chi connectivity index (χ1) is 18.1. The summed E-state index contributed by atoms with van der Waals surface area (Å²) in [4.78, 5) is 30.4. The number of nitrogens with zero attached hydrogens (tertiary/aromatic N) is 5. The number of carbonyl (C=O) groups is 1. The van der Waals surface area contributed by atoms with Gasteiger partial charge in [-0.15, -0.1) is 0 Å². The van der Waals surface area contributed by atoms with Crippen molar-refractivity contribution in [2.45, 2.75) is 53.6 Å². The Morgan fingerprint density at radius 3 is 2.55 bits per heavy atom. The molecule has 4 N–H and O–H groups in total. The van der Waals surface area contributed by atoms with Gasteiger partial charge in [-0.3, -0.25) is 9.69 Å². The van der Waals surface area contributed by atoms with Gasteiger partial charge in [-0.2, -0.15) is 15.0 Å². The molecule has 0 bridgehead atoms. The highest BCUT2D eigenvalue weighted by atomic mass is 16.1. The fourth-order valence-electron chi connectivity index (χ4n) is 4.80. The summed E-state index contributed by atoms with van der Waals surface area (Å²) in [5, 5.41) is 6.84. The zero-order valence-corrected chi connectivity index (χ0v) is 23.4. The number of primary amides is 1. The lowest BCUT2D eigenvalue weighted by Gasteiger charge is -2.22. The molecule has 38 heavy (non-hydrogen) atoms. The minimum absolute atomic E-state index is 0.235. The molecule has 1 amide bonds. The number of rotatable bonds is 10. The van der Waals surface area contributed by atoms with Crippen LogP contribution in [-0.4, -0.2) is 58.5 Å². The Bertz CT molecular complexity index is 1290. The smallest absolute Gasteiger partial charge is 0.248 e. The summed E-state index contributed by atoms with van der Waals surface area (Å²) < 4.78 is 0. The molecule has 1 atom stereocenters. The number of benzene rings is 2. The molecule has 9 heteroatoms. The van der Waals surface area contributed by atoms with Gasteiger partial charge in [-0.1, -0.05) is 43.7 Å². The van der Waals surface area contributed by atoms with E-state index in [4.69, 9.17) is 15.7 Å². The molecule has 0 unspecified atom stereocenters. The third-order valence-electron chi connectivity index (χ3n) is 6.88. The summed E-state index contributed by atoms with van der Waals surface area (Å²) in [6.07, 6.45) is 1.01. The highest BCUT2D eigenvalue weighted by Gasteiger charge is 2.24. The van der Waals surface area contributed by atoms with E-state index in [1.165, 1.54) is 16.7 Å². The molecule has 9 nitrogen and oxygen atoms in total. The molecule has 1 aromatic heterocycles. The predicted octanol–water partition coefficient (Wildman–Crippen LogP) is 4.42. The molecular weight excluding hydrogens is 476 g/mol. The fraction of sp³-hybridized carbons (Fsp3) is 0.448. The molecule has 0 spiro atoms. The molecular formula is C29H40N8O. The largest absolute Gasteiger partial charge is 0.366 e. The molecule has 1 fully saturated rings.